The van der Waals surface area contributed by atoms with Gasteiger partial charge in [-0.3, -0.25) is 10.1 Å². The Labute approximate surface area is 373 Å². The molecule has 10 rings (SSSR count). The van der Waals surface area contributed by atoms with Crippen molar-refractivity contribution in [3.05, 3.63) is 223 Å². The van der Waals surface area contributed by atoms with Gasteiger partial charge in [-0.1, -0.05) is 117 Å². The Morgan fingerprint density at radius 3 is 1.37 bits per heavy atom. The van der Waals surface area contributed by atoms with Gasteiger partial charge in [0.2, 0.25) is 0 Å². The summed E-state index contributed by atoms with van der Waals surface area (Å²) in [4.78, 5) is 8.19. The van der Waals surface area contributed by atoms with E-state index >= 15 is 0 Å². The fourth-order valence-corrected chi connectivity index (χ4v) is 13.3. The number of halogens is 2. The van der Waals surface area contributed by atoms with Gasteiger partial charge >= 0.3 is 17.1 Å². The van der Waals surface area contributed by atoms with Crippen LogP contribution in [0.15, 0.2) is 200 Å². The third-order valence-electron chi connectivity index (χ3n) is 10.8. The van der Waals surface area contributed by atoms with Gasteiger partial charge in [0.15, 0.2) is 11.5 Å². The van der Waals surface area contributed by atoms with E-state index < -0.39 is 27.5 Å². The molecule has 0 N–H and O–H groups in total. The van der Waals surface area contributed by atoms with Gasteiger partial charge < -0.3 is 14.8 Å². The first-order valence-corrected chi connectivity index (χ1v) is 23.0. The van der Waals surface area contributed by atoms with E-state index in [0.29, 0.717) is 11.5 Å². The summed E-state index contributed by atoms with van der Waals surface area (Å²) in [7, 11) is -2.64. The van der Waals surface area contributed by atoms with E-state index in [-0.39, 0.29) is 33.9 Å². The second-order valence-corrected chi connectivity index (χ2v) is 20.0. The summed E-state index contributed by atoms with van der Waals surface area (Å²) in [5.74, 6) is 1.19. The molecule has 0 spiro atoms. The van der Waals surface area contributed by atoms with Crippen molar-refractivity contribution in [3.8, 4) is 34.4 Å². The van der Waals surface area contributed by atoms with E-state index in [1.54, 1.807) is 24.4 Å². The molecule has 1 aliphatic heterocycles. The number of ether oxygens (including phenoxy) is 1. The van der Waals surface area contributed by atoms with E-state index in [0.717, 1.165) is 29.7 Å². The molecule has 1 aliphatic rings. The Morgan fingerprint density at radius 1 is 0.516 bits per heavy atom. The Morgan fingerprint density at radius 2 is 0.952 bits per heavy atom. The molecule has 0 radical (unpaired) electrons. The van der Waals surface area contributed by atoms with Crippen molar-refractivity contribution in [2.24, 2.45) is 0 Å². The predicted octanol–water partition coefficient (Wildman–Crippen LogP) is 9.54. The summed E-state index contributed by atoms with van der Waals surface area (Å²) in [6.07, 6.45) is 1.60. The normalized spacial score (nSPS) is 12.3. The molecular weight excluding hydrogens is 860 g/mol. The Balaban J connectivity index is 0.000000221. The molecule has 2 aromatic heterocycles. The number of hydrogen-bond acceptors (Lipinski definition) is 4. The summed E-state index contributed by atoms with van der Waals surface area (Å²) in [6.45, 7) is 4.71. The summed E-state index contributed by atoms with van der Waals surface area (Å²) >= 11 is 0. The van der Waals surface area contributed by atoms with Crippen LogP contribution in [0.5, 0.6) is 11.5 Å². The molecule has 62 heavy (non-hydrogen) atoms. The van der Waals surface area contributed by atoms with Gasteiger partial charge in [0.05, 0.1) is 11.5 Å². The molecule has 0 amide bonds. The largest absolute Gasteiger partial charge is 1.00 e. The van der Waals surface area contributed by atoms with Crippen LogP contribution < -0.4 is 41.7 Å². The van der Waals surface area contributed by atoms with Crippen molar-refractivity contribution in [1.29, 1.82) is 0 Å². The molecule has 0 saturated heterocycles. The van der Waals surface area contributed by atoms with E-state index in [9.17, 15) is 8.78 Å². The maximum Gasteiger partial charge on any atom is 1.00 e. The summed E-state index contributed by atoms with van der Waals surface area (Å²) in [6, 6.07) is 65.9. The van der Waals surface area contributed by atoms with Gasteiger partial charge in [0.1, 0.15) is 59.3 Å². The average Bonchev–Trinajstić information content (AvgIpc) is 3.80. The van der Waals surface area contributed by atoms with Crippen LogP contribution in [0.3, 0.4) is 0 Å². The van der Waals surface area contributed by atoms with Crippen molar-refractivity contribution >= 4 is 47.7 Å². The minimum Gasteiger partial charge on any atom is -0.448 e. The molecule has 0 bridgehead atoms. The van der Waals surface area contributed by atoms with E-state index in [4.69, 9.17) is 4.74 Å². The Hall–Kier alpha value is -6.13. The number of hydrogen-bond donors (Lipinski definition) is 0. The molecule has 308 valence electrons. The van der Waals surface area contributed by atoms with Crippen molar-refractivity contribution in [3.63, 3.8) is 0 Å². The average molecular weight is 901 g/mol. The molecule has 9 aromatic rings. The van der Waals surface area contributed by atoms with Crippen molar-refractivity contribution in [1.82, 2.24) is 20.2 Å². The van der Waals surface area contributed by atoms with Gasteiger partial charge in [-0.2, -0.15) is 0 Å². The molecule has 0 aliphatic carbocycles. The smallest absolute Gasteiger partial charge is 0.448 e. The number of aromatic nitrogens is 4. The number of benzene rings is 7. The van der Waals surface area contributed by atoms with E-state index in [1.807, 2.05) is 0 Å². The fraction of sp³-hybridized carbons (Fsp3) is 0.0577. The molecule has 10 heteroatoms. The summed E-state index contributed by atoms with van der Waals surface area (Å²) < 4.78 is 33.5. The minimum atomic E-state index is -1.32. The van der Waals surface area contributed by atoms with Crippen molar-refractivity contribution < 1.29 is 30.6 Å². The van der Waals surface area contributed by atoms with Gasteiger partial charge in [0.25, 0.3) is 0 Å². The van der Waals surface area contributed by atoms with Crippen LogP contribution in [0.25, 0.3) is 22.9 Å². The first-order chi connectivity index (χ1) is 29.8. The molecular formula is C52H41CuF2N4OP2+2. The first kappa shape index (κ1) is 42.6. The second kappa shape index (κ2) is 18.9. The Bertz CT molecular complexity index is 2670. The van der Waals surface area contributed by atoms with Crippen LogP contribution in [-0.2, 0) is 22.5 Å². The van der Waals surface area contributed by atoms with Crippen molar-refractivity contribution in [2.75, 3.05) is 0 Å². The zero-order valence-electron chi connectivity index (χ0n) is 33.8. The quantitative estimate of drug-likeness (QED) is 0.112. The first-order valence-electron chi connectivity index (χ1n) is 20.0. The monoisotopic (exact) mass is 900 g/mol. The number of para-hydroxylation sites is 2. The number of nitrogens with zero attached hydrogens (tertiary/aromatic N) is 4. The van der Waals surface area contributed by atoms with Gasteiger partial charge in [-0.05, 0) is 90.8 Å². The molecule has 0 fully saturated rings. The second-order valence-electron chi connectivity index (χ2n) is 15.1. The zero-order chi connectivity index (χ0) is 41.8. The maximum absolute atomic E-state index is 13.1. The van der Waals surface area contributed by atoms with Crippen LogP contribution >= 0.6 is 15.8 Å². The number of fused-ring (bicyclic) bond motifs is 2. The molecule has 0 saturated carbocycles. The topological polar surface area (TPSA) is 62.0 Å². The standard InChI is InChI=1S/C39H32OP2.C13H7F2N4.Cu/c1-39(2)33-25-15-27-35(41(29-17-7-3-8-18-29)30-19-9-4-10-20-30)37(33)40-38-34(39)26-16-28-36(38)42(31-21-11-5-12-22-31)32-23-13-6-14-24-32;14-9-5-8(6-10(15)7-9)12-17-13(19-18-12)11-3-1-2-4-16-11;/h3-28H,1-2H3;1-7H;/q;-1;+1/p+2. The van der Waals surface area contributed by atoms with Gasteiger partial charge in [-0.25, -0.2) is 8.78 Å². The maximum atomic E-state index is 13.1. The van der Waals surface area contributed by atoms with Crippen LogP contribution in [0.4, 0.5) is 8.78 Å². The number of pyridine rings is 1. The fourth-order valence-electron chi connectivity index (χ4n) is 7.94. The number of rotatable bonds is 8. The third-order valence-corrected chi connectivity index (χ3v) is 16.3. The van der Waals surface area contributed by atoms with Crippen LogP contribution in [-0.4, -0.2) is 15.1 Å². The van der Waals surface area contributed by atoms with Crippen LogP contribution in [0.2, 0.25) is 0 Å². The Kier molecular flexibility index (Phi) is 12.9. The molecule has 5 nitrogen and oxygen atoms in total. The van der Waals surface area contributed by atoms with Crippen LogP contribution in [0, 0.1) is 11.6 Å². The summed E-state index contributed by atoms with van der Waals surface area (Å²) in [5.41, 5.74) is 3.10. The van der Waals surface area contributed by atoms with Crippen molar-refractivity contribution in [2.45, 2.75) is 19.3 Å². The minimum absolute atomic E-state index is 0. The third kappa shape index (κ3) is 8.79. The molecule has 3 heterocycles. The van der Waals surface area contributed by atoms with E-state index in [2.05, 4.69) is 192 Å². The zero-order valence-corrected chi connectivity index (χ0v) is 36.7. The molecule has 0 unspecified atom stereocenters. The van der Waals surface area contributed by atoms with Gasteiger partial charge in [-0.15, -0.1) is 0 Å². The van der Waals surface area contributed by atoms with Gasteiger partial charge in [0, 0.05) is 34.4 Å². The molecule has 7 aromatic carbocycles. The SMILES string of the molecule is CC1(C)c2cccc([PH+](c3ccccc3)c3ccccc3)c2Oc2c([PH+](c3ccccc3)c3ccccc3)cccc21.Fc1cc(F)cc(-c2n[n-]c(-c3ccccn3)n2)c1.[Cu+]. The summed E-state index contributed by atoms with van der Waals surface area (Å²) in [5, 5.41) is 15.7. The molecule has 0 atom stereocenters. The van der Waals surface area contributed by atoms with E-state index in [1.165, 1.54) is 43.0 Å². The van der Waals surface area contributed by atoms with Crippen LogP contribution in [0.1, 0.15) is 25.0 Å². The predicted molar refractivity (Wildman–Crippen MR) is 249 cm³/mol.